The van der Waals surface area contributed by atoms with Crippen molar-refractivity contribution in [2.24, 2.45) is 0 Å². The minimum atomic E-state index is -0.370. The number of thioether (sulfide) groups is 1. The number of amides is 1. The molecule has 1 amide bonds. The molecule has 0 radical (unpaired) electrons. The van der Waals surface area contributed by atoms with Crippen molar-refractivity contribution in [1.82, 2.24) is 10.5 Å². The molecule has 8 heteroatoms. The summed E-state index contributed by atoms with van der Waals surface area (Å²) in [7, 11) is 1.52. The first kappa shape index (κ1) is 14.5. The zero-order chi connectivity index (χ0) is 14.5. The van der Waals surface area contributed by atoms with Crippen LogP contribution in [0.1, 0.15) is 20.9 Å². The Hall–Kier alpha value is -1.93. The molecule has 106 valence electrons. The number of nitrogens with zero attached hydrogens (tertiary/aromatic N) is 1. The molecule has 1 aliphatic rings. The van der Waals surface area contributed by atoms with E-state index in [0.29, 0.717) is 17.3 Å². The number of ether oxygens (including phenoxy) is 1. The second-order valence-electron chi connectivity index (χ2n) is 3.84. The van der Waals surface area contributed by atoms with Crippen LogP contribution in [0.15, 0.2) is 21.7 Å². The highest BCUT2D eigenvalue weighted by Crippen LogP contribution is 2.27. The standard InChI is InChI=1S/C12H12N2O5S/c1-13-10(16)6-18-2-3-20-9-4-8(15)12-7(11(9)17)5-14-19-12/h4-5H,2-3,6H2,1H3,(H,13,16). The Morgan fingerprint density at radius 3 is 3.05 bits per heavy atom. The van der Waals surface area contributed by atoms with Gasteiger partial charge in [-0.1, -0.05) is 5.16 Å². The Morgan fingerprint density at radius 1 is 1.50 bits per heavy atom. The van der Waals surface area contributed by atoms with Gasteiger partial charge in [0.15, 0.2) is 0 Å². The van der Waals surface area contributed by atoms with Gasteiger partial charge >= 0.3 is 0 Å². The van der Waals surface area contributed by atoms with Gasteiger partial charge < -0.3 is 14.6 Å². The molecule has 0 unspecified atom stereocenters. The number of carbonyl (C=O) groups is 3. The summed E-state index contributed by atoms with van der Waals surface area (Å²) in [4.78, 5) is 34.9. The topological polar surface area (TPSA) is 98.5 Å². The van der Waals surface area contributed by atoms with E-state index in [-0.39, 0.29) is 35.4 Å². The molecule has 0 bridgehead atoms. The molecule has 1 aliphatic carbocycles. The van der Waals surface area contributed by atoms with Gasteiger partial charge in [-0.2, -0.15) is 0 Å². The summed E-state index contributed by atoms with van der Waals surface area (Å²) in [6.07, 6.45) is 2.48. The maximum atomic E-state index is 12.0. The van der Waals surface area contributed by atoms with E-state index in [1.807, 2.05) is 0 Å². The van der Waals surface area contributed by atoms with Crippen molar-refractivity contribution in [3.63, 3.8) is 0 Å². The summed E-state index contributed by atoms with van der Waals surface area (Å²) in [5, 5.41) is 5.88. The van der Waals surface area contributed by atoms with Crippen LogP contribution < -0.4 is 5.32 Å². The van der Waals surface area contributed by atoms with E-state index in [1.54, 1.807) is 0 Å². The number of likely N-dealkylation sites (N-methyl/N-ethyl adjacent to an activating group) is 1. The highest BCUT2D eigenvalue weighted by Gasteiger charge is 2.29. The van der Waals surface area contributed by atoms with Crippen LogP contribution in [0.5, 0.6) is 0 Å². The van der Waals surface area contributed by atoms with Crippen molar-refractivity contribution < 1.29 is 23.6 Å². The number of Topliss-reactive ketones (excluding diaryl/α,β-unsaturated/α-hetero) is 1. The highest BCUT2D eigenvalue weighted by atomic mass is 32.2. The van der Waals surface area contributed by atoms with Crippen molar-refractivity contribution >= 4 is 29.2 Å². The third-order valence-electron chi connectivity index (χ3n) is 2.52. The Balaban J connectivity index is 1.84. The summed E-state index contributed by atoms with van der Waals surface area (Å²) < 4.78 is 9.83. The number of hydrogen-bond acceptors (Lipinski definition) is 7. The maximum Gasteiger partial charge on any atom is 0.245 e. The van der Waals surface area contributed by atoms with Crippen LogP contribution in [0.2, 0.25) is 0 Å². The summed E-state index contributed by atoms with van der Waals surface area (Å²) >= 11 is 1.20. The molecule has 1 aromatic rings. The molecule has 2 rings (SSSR count). The van der Waals surface area contributed by atoms with E-state index in [4.69, 9.17) is 9.26 Å². The van der Waals surface area contributed by atoms with Crippen LogP contribution in [0, 0.1) is 0 Å². The van der Waals surface area contributed by atoms with Gasteiger partial charge in [-0.25, -0.2) is 0 Å². The number of hydrogen-bond donors (Lipinski definition) is 1. The monoisotopic (exact) mass is 296 g/mol. The SMILES string of the molecule is CNC(=O)COCCSC1=CC(=O)c2oncc2C1=O. The predicted molar refractivity (Wildman–Crippen MR) is 70.6 cm³/mol. The van der Waals surface area contributed by atoms with Gasteiger partial charge in [0.25, 0.3) is 0 Å². The summed E-state index contributed by atoms with van der Waals surface area (Å²) in [6, 6.07) is 0. The van der Waals surface area contributed by atoms with Crippen LogP contribution in [0.3, 0.4) is 0 Å². The smallest absolute Gasteiger partial charge is 0.245 e. The lowest BCUT2D eigenvalue weighted by Gasteiger charge is -2.09. The van der Waals surface area contributed by atoms with Crippen LogP contribution >= 0.6 is 11.8 Å². The van der Waals surface area contributed by atoms with E-state index < -0.39 is 0 Å². The van der Waals surface area contributed by atoms with Crippen LogP contribution in [-0.4, -0.2) is 48.6 Å². The fourth-order valence-electron chi connectivity index (χ4n) is 1.52. The zero-order valence-corrected chi connectivity index (χ0v) is 11.5. The van der Waals surface area contributed by atoms with Gasteiger partial charge in [0.2, 0.25) is 23.2 Å². The molecule has 0 spiro atoms. The fraction of sp³-hybridized carbons (Fsp3) is 0.333. The quantitative estimate of drug-likeness (QED) is 0.760. The minimum absolute atomic E-state index is 0.0183. The summed E-state index contributed by atoms with van der Waals surface area (Å²) in [5.41, 5.74) is 0.186. The van der Waals surface area contributed by atoms with E-state index in [2.05, 4.69) is 10.5 Å². The zero-order valence-electron chi connectivity index (χ0n) is 10.7. The predicted octanol–water partition coefficient (Wildman–Crippen LogP) is 0.433. The maximum absolute atomic E-state index is 12.0. The molecule has 0 aliphatic heterocycles. The Kier molecular flexibility index (Phi) is 4.70. The minimum Gasteiger partial charge on any atom is -0.371 e. The van der Waals surface area contributed by atoms with Crippen molar-refractivity contribution in [1.29, 1.82) is 0 Å². The van der Waals surface area contributed by atoms with Crippen molar-refractivity contribution in [3.05, 3.63) is 28.5 Å². The third kappa shape index (κ3) is 3.14. The lowest BCUT2D eigenvalue weighted by Crippen LogP contribution is -2.23. The normalized spacial score (nSPS) is 13.9. The van der Waals surface area contributed by atoms with Gasteiger partial charge in [-0.15, -0.1) is 11.8 Å². The molecule has 1 aromatic heterocycles. The molecule has 20 heavy (non-hydrogen) atoms. The van der Waals surface area contributed by atoms with Crippen LogP contribution in [-0.2, 0) is 9.53 Å². The molecule has 0 fully saturated rings. The van der Waals surface area contributed by atoms with Crippen LogP contribution in [0.4, 0.5) is 0 Å². The average molecular weight is 296 g/mol. The van der Waals surface area contributed by atoms with E-state index in [1.165, 1.54) is 31.1 Å². The number of allylic oxidation sites excluding steroid dienone is 2. The number of nitrogens with one attached hydrogen (secondary N) is 1. The van der Waals surface area contributed by atoms with Gasteiger partial charge in [0.1, 0.15) is 6.61 Å². The molecular weight excluding hydrogens is 284 g/mol. The van der Waals surface area contributed by atoms with Gasteiger partial charge in [0, 0.05) is 18.9 Å². The Labute approximate surface area is 118 Å². The molecule has 0 aromatic carbocycles. The number of aromatic nitrogens is 1. The second-order valence-corrected chi connectivity index (χ2v) is 4.98. The molecule has 0 saturated carbocycles. The number of ketones is 2. The van der Waals surface area contributed by atoms with E-state index in [0.717, 1.165) is 0 Å². The fourth-order valence-corrected chi connectivity index (χ4v) is 2.37. The Morgan fingerprint density at radius 2 is 2.30 bits per heavy atom. The highest BCUT2D eigenvalue weighted by molar-refractivity contribution is 8.04. The second kappa shape index (κ2) is 6.49. The first-order valence-electron chi connectivity index (χ1n) is 5.80. The molecule has 0 saturated heterocycles. The summed E-state index contributed by atoms with van der Waals surface area (Å²) in [5.74, 6) is -0.423. The molecule has 1 N–H and O–H groups in total. The molecular formula is C12H12N2O5S. The summed E-state index contributed by atoms with van der Waals surface area (Å²) in [6.45, 7) is 0.270. The lowest BCUT2D eigenvalue weighted by atomic mass is 10.0. The number of fused-ring (bicyclic) bond motifs is 1. The average Bonchev–Trinajstić information content (AvgIpc) is 2.93. The molecule has 1 heterocycles. The van der Waals surface area contributed by atoms with Gasteiger partial charge in [-0.05, 0) is 0 Å². The molecule has 0 atom stereocenters. The first-order valence-corrected chi connectivity index (χ1v) is 6.78. The van der Waals surface area contributed by atoms with Gasteiger partial charge in [-0.3, -0.25) is 14.4 Å². The Bertz CT molecular complexity index is 578. The number of carbonyl (C=O) groups excluding carboxylic acids is 3. The van der Waals surface area contributed by atoms with Crippen molar-refractivity contribution in [2.45, 2.75) is 0 Å². The lowest BCUT2D eigenvalue weighted by molar-refractivity contribution is -0.124. The number of rotatable bonds is 6. The third-order valence-corrected chi connectivity index (χ3v) is 3.51. The van der Waals surface area contributed by atoms with E-state index >= 15 is 0 Å². The van der Waals surface area contributed by atoms with E-state index in [9.17, 15) is 14.4 Å². The first-order chi connectivity index (χ1) is 9.63. The largest absolute Gasteiger partial charge is 0.371 e. The van der Waals surface area contributed by atoms with Crippen LogP contribution in [0.25, 0.3) is 0 Å². The van der Waals surface area contributed by atoms with Crippen molar-refractivity contribution in [2.75, 3.05) is 26.0 Å². The van der Waals surface area contributed by atoms with Crippen molar-refractivity contribution in [3.8, 4) is 0 Å². The molecule has 7 nitrogen and oxygen atoms in total. The van der Waals surface area contributed by atoms with Gasteiger partial charge in [0.05, 0.1) is 23.3 Å².